The molecule has 0 aromatic heterocycles. The van der Waals surface area contributed by atoms with Gasteiger partial charge in [-0.3, -0.25) is 4.79 Å². The van der Waals surface area contributed by atoms with Gasteiger partial charge < -0.3 is 24.3 Å². The summed E-state index contributed by atoms with van der Waals surface area (Å²) >= 11 is 5.99. The smallest absolute Gasteiger partial charge is 0.340 e. The Bertz CT molecular complexity index is 852. The van der Waals surface area contributed by atoms with E-state index in [4.69, 9.17) is 30.5 Å². The molecule has 0 heterocycles. The number of carbonyl (C=O) groups is 2. The molecule has 2 aromatic rings. The zero-order chi connectivity index (χ0) is 20.0. The number of nitrogens with one attached hydrogen (secondary N) is 1. The molecule has 0 aliphatic heterocycles. The topological polar surface area (TPSA) is 83.1 Å². The van der Waals surface area contributed by atoms with Gasteiger partial charge in [0.05, 0.1) is 32.6 Å². The molecule has 2 aromatic carbocycles. The lowest BCUT2D eigenvalue weighted by Gasteiger charge is -2.15. The van der Waals surface area contributed by atoms with Gasteiger partial charge >= 0.3 is 5.97 Å². The van der Waals surface area contributed by atoms with E-state index in [1.54, 1.807) is 18.2 Å². The van der Waals surface area contributed by atoms with E-state index in [2.05, 4.69) is 5.32 Å². The second-order valence-corrected chi connectivity index (χ2v) is 5.90. The van der Waals surface area contributed by atoms with Crippen LogP contribution in [0.1, 0.15) is 22.8 Å². The molecule has 27 heavy (non-hydrogen) atoms. The van der Waals surface area contributed by atoms with Gasteiger partial charge in [0.15, 0.2) is 11.5 Å². The van der Waals surface area contributed by atoms with Crippen LogP contribution in [0, 0.1) is 0 Å². The van der Waals surface area contributed by atoms with Crippen molar-refractivity contribution in [1.29, 1.82) is 0 Å². The van der Waals surface area contributed by atoms with Crippen LogP contribution >= 0.6 is 11.6 Å². The van der Waals surface area contributed by atoms with Gasteiger partial charge in [-0.1, -0.05) is 11.6 Å². The highest BCUT2D eigenvalue weighted by Crippen LogP contribution is 2.34. The van der Waals surface area contributed by atoms with Crippen molar-refractivity contribution in [2.75, 3.05) is 26.6 Å². The fraction of sp³-hybridized carbons (Fsp3) is 0.263. The van der Waals surface area contributed by atoms with Gasteiger partial charge in [0.2, 0.25) is 5.91 Å². The molecule has 0 bridgehead atoms. The first-order chi connectivity index (χ1) is 12.9. The van der Waals surface area contributed by atoms with Crippen LogP contribution in [0.4, 0.5) is 5.69 Å². The van der Waals surface area contributed by atoms with Gasteiger partial charge in [0, 0.05) is 29.6 Å². The highest BCUT2D eigenvalue weighted by Gasteiger charge is 2.19. The van der Waals surface area contributed by atoms with E-state index in [-0.39, 0.29) is 23.8 Å². The van der Waals surface area contributed by atoms with Crippen molar-refractivity contribution in [3.05, 3.63) is 46.5 Å². The Hall–Kier alpha value is -2.93. The van der Waals surface area contributed by atoms with Crippen LogP contribution in [0.5, 0.6) is 17.2 Å². The summed E-state index contributed by atoms with van der Waals surface area (Å²) in [6.45, 7) is 1.28. The molecule has 0 aliphatic carbocycles. The average Bonchev–Trinajstić information content (AvgIpc) is 2.65. The van der Waals surface area contributed by atoms with Crippen molar-refractivity contribution in [1.82, 2.24) is 0 Å². The van der Waals surface area contributed by atoms with Crippen molar-refractivity contribution in [3.8, 4) is 17.2 Å². The highest BCUT2D eigenvalue weighted by atomic mass is 35.5. The Morgan fingerprint density at radius 2 is 1.59 bits per heavy atom. The molecule has 0 fully saturated rings. The van der Waals surface area contributed by atoms with Crippen molar-refractivity contribution in [2.24, 2.45) is 0 Å². The predicted octanol–water partition coefficient (Wildman–Crippen LogP) is 3.68. The first-order valence-corrected chi connectivity index (χ1v) is 8.30. The Morgan fingerprint density at radius 1 is 0.963 bits per heavy atom. The molecule has 2 rings (SSSR count). The summed E-state index contributed by atoms with van der Waals surface area (Å²) < 4.78 is 21.0. The Balaban J connectivity index is 2.31. The molecule has 144 valence electrons. The fourth-order valence-electron chi connectivity index (χ4n) is 2.42. The van der Waals surface area contributed by atoms with Crippen LogP contribution in [-0.2, 0) is 16.1 Å². The Morgan fingerprint density at radius 3 is 2.19 bits per heavy atom. The number of hydrogen-bond donors (Lipinski definition) is 1. The molecule has 0 radical (unpaired) electrons. The third kappa shape index (κ3) is 5.04. The fourth-order valence-corrected chi connectivity index (χ4v) is 2.62. The molecular weight excluding hydrogens is 374 g/mol. The standard InChI is InChI=1S/C19H20ClNO6/c1-11(22)21-15-9-18(26-4)17(25-3)8-14(15)19(23)27-10-12-7-13(20)5-6-16(12)24-2/h5-9H,10H2,1-4H3,(H,21,22). The van der Waals surface area contributed by atoms with E-state index >= 15 is 0 Å². The summed E-state index contributed by atoms with van der Waals surface area (Å²) in [5.74, 6) is 0.254. The number of esters is 1. The molecule has 0 spiro atoms. The summed E-state index contributed by atoms with van der Waals surface area (Å²) in [7, 11) is 4.42. The molecule has 1 N–H and O–H groups in total. The van der Waals surface area contributed by atoms with Gasteiger partial charge in [0.1, 0.15) is 12.4 Å². The largest absolute Gasteiger partial charge is 0.496 e. The maximum absolute atomic E-state index is 12.6. The van der Waals surface area contributed by atoms with Crippen molar-refractivity contribution in [3.63, 3.8) is 0 Å². The van der Waals surface area contributed by atoms with Crippen LogP contribution in [0.3, 0.4) is 0 Å². The summed E-state index contributed by atoms with van der Waals surface area (Å²) in [4.78, 5) is 24.1. The van der Waals surface area contributed by atoms with Crippen LogP contribution in [-0.4, -0.2) is 33.2 Å². The van der Waals surface area contributed by atoms with Crippen LogP contribution in [0.25, 0.3) is 0 Å². The number of rotatable bonds is 7. The molecule has 0 unspecified atom stereocenters. The molecular formula is C19H20ClNO6. The third-order valence-electron chi connectivity index (χ3n) is 3.66. The monoisotopic (exact) mass is 393 g/mol. The SMILES string of the molecule is COc1ccc(Cl)cc1COC(=O)c1cc(OC)c(OC)cc1NC(C)=O. The second-order valence-electron chi connectivity index (χ2n) is 5.47. The number of halogens is 1. The van der Waals surface area contributed by atoms with Gasteiger partial charge in [-0.05, 0) is 18.2 Å². The zero-order valence-electron chi connectivity index (χ0n) is 15.4. The van der Waals surface area contributed by atoms with E-state index in [0.29, 0.717) is 27.8 Å². The summed E-state index contributed by atoms with van der Waals surface area (Å²) in [6.07, 6.45) is 0. The molecule has 0 aliphatic rings. The number of benzene rings is 2. The van der Waals surface area contributed by atoms with Crippen molar-refractivity contribution >= 4 is 29.2 Å². The number of hydrogen-bond acceptors (Lipinski definition) is 6. The maximum Gasteiger partial charge on any atom is 0.340 e. The lowest BCUT2D eigenvalue weighted by Crippen LogP contribution is -2.14. The number of amides is 1. The van der Waals surface area contributed by atoms with E-state index in [9.17, 15) is 9.59 Å². The third-order valence-corrected chi connectivity index (χ3v) is 3.89. The van der Waals surface area contributed by atoms with Crippen LogP contribution in [0.2, 0.25) is 5.02 Å². The average molecular weight is 394 g/mol. The lowest BCUT2D eigenvalue weighted by molar-refractivity contribution is -0.114. The molecule has 0 atom stereocenters. The Labute approximate surface area is 162 Å². The highest BCUT2D eigenvalue weighted by molar-refractivity contribution is 6.30. The normalized spacial score (nSPS) is 10.1. The number of anilines is 1. The molecule has 8 heteroatoms. The van der Waals surface area contributed by atoms with Crippen LogP contribution in [0.15, 0.2) is 30.3 Å². The van der Waals surface area contributed by atoms with E-state index < -0.39 is 5.97 Å². The van der Waals surface area contributed by atoms with Gasteiger partial charge in [-0.15, -0.1) is 0 Å². The summed E-state index contributed by atoms with van der Waals surface area (Å²) in [5.41, 5.74) is 0.993. The first kappa shape index (κ1) is 20.4. The summed E-state index contributed by atoms with van der Waals surface area (Å²) in [6, 6.07) is 7.95. The number of ether oxygens (including phenoxy) is 4. The van der Waals surface area contributed by atoms with E-state index in [0.717, 1.165) is 0 Å². The van der Waals surface area contributed by atoms with E-state index in [1.165, 1.54) is 40.4 Å². The van der Waals surface area contributed by atoms with Crippen molar-refractivity contribution in [2.45, 2.75) is 13.5 Å². The zero-order valence-corrected chi connectivity index (χ0v) is 16.2. The lowest BCUT2D eigenvalue weighted by atomic mass is 10.1. The maximum atomic E-state index is 12.6. The molecule has 7 nitrogen and oxygen atoms in total. The number of methoxy groups -OCH3 is 3. The minimum Gasteiger partial charge on any atom is -0.496 e. The van der Waals surface area contributed by atoms with Crippen molar-refractivity contribution < 1.29 is 28.5 Å². The first-order valence-electron chi connectivity index (χ1n) is 7.92. The minimum absolute atomic E-state index is 0.0591. The number of carbonyl (C=O) groups excluding carboxylic acids is 2. The minimum atomic E-state index is -0.651. The second kappa shape index (κ2) is 9.14. The Kier molecular flexibility index (Phi) is 6.90. The predicted molar refractivity (Wildman–Crippen MR) is 101 cm³/mol. The van der Waals surface area contributed by atoms with Gasteiger partial charge in [-0.25, -0.2) is 4.79 Å². The van der Waals surface area contributed by atoms with Gasteiger partial charge in [0.25, 0.3) is 0 Å². The van der Waals surface area contributed by atoms with Crippen LogP contribution < -0.4 is 19.5 Å². The summed E-state index contributed by atoms with van der Waals surface area (Å²) in [5, 5.41) is 3.08. The molecule has 0 saturated heterocycles. The quantitative estimate of drug-likeness (QED) is 0.722. The van der Waals surface area contributed by atoms with E-state index in [1.807, 2.05) is 0 Å². The molecule has 1 amide bonds. The van der Waals surface area contributed by atoms with Gasteiger partial charge in [-0.2, -0.15) is 0 Å². The molecule has 0 saturated carbocycles.